The molecule has 4 aliphatic rings. The Morgan fingerprint density at radius 1 is 1.29 bits per heavy atom. The number of carbonyl (C=O) groups excluding carboxylic acids is 1. The van der Waals surface area contributed by atoms with Crippen molar-refractivity contribution in [3.05, 3.63) is 29.7 Å². The lowest BCUT2D eigenvalue weighted by Crippen LogP contribution is -2.61. The molecule has 2 aromatic heterocycles. The van der Waals surface area contributed by atoms with Gasteiger partial charge in [-0.3, -0.25) is 4.79 Å². The van der Waals surface area contributed by atoms with E-state index in [2.05, 4.69) is 15.4 Å². The molecule has 6 rings (SSSR count). The molecule has 2 N–H and O–H groups in total. The fraction of sp³-hybridized carbons (Fsp3) is 0.611. The van der Waals surface area contributed by atoms with Crippen LogP contribution in [-0.2, 0) is 0 Å². The maximum atomic E-state index is 12.8. The highest BCUT2D eigenvalue weighted by Gasteiger charge is 2.55. The van der Waals surface area contributed by atoms with Crippen molar-refractivity contribution in [1.29, 1.82) is 0 Å². The third kappa shape index (κ3) is 2.09. The molecule has 0 saturated heterocycles. The summed E-state index contributed by atoms with van der Waals surface area (Å²) in [6.45, 7) is 1.95. The van der Waals surface area contributed by atoms with Crippen LogP contribution in [-0.4, -0.2) is 37.3 Å². The molecule has 0 radical (unpaired) electrons. The number of hydrogen-bond donors (Lipinski definition) is 2. The molecule has 1 amide bonds. The first kappa shape index (κ1) is 14.4. The van der Waals surface area contributed by atoms with Gasteiger partial charge in [0.2, 0.25) is 0 Å². The Labute approximate surface area is 140 Å². The average molecular weight is 326 g/mol. The maximum Gasteiger partial charge on any atom is 0.257 e. The summed E-state index contributed by atoms with van der Waals surface area (Å²) in [6.07, 6.45) is 10.1. The zero-order valence-corrected chi connectivity index (χ0v) is 13.8. The fourth-order valence-electron chi connectivity index (χ4n) is 5.57. The van der Waals surface area contributed by atoms with Crippen LogP contribution < -0.4 is 5.32 Å². The largest absolute Gasteiger partial charge is 0.390 e. The van der Waals surface area contributed by atoms with E-state index in [1.165, 1.54) is 0 Å². The number of carbonyl (C=O) groups is 1. The minimum Gasteiger partial charge on any atom is -0.390 e. The first-order chi connectivity index (χ1) is 11.5. The first-order valence-electron chi connectivity index (χ1n) is 8.84. The van der Waals surface area contributed by atoms with Gasteiger partial charge < -0.3 is 10.4 Å². The minimum atomic E-state index is -0.471. The highest BCUT2D eigenvalue weighted by molar-refractivity contribution is 5.99. The van der Waals surface area contributed by atoms with Crippen molar-refractivity contribution in [2.75, 3.05) is 0 Å². The predicted octanol–water partition coefficient (Wildman–Crippen LogP) is 1.71. The van der Waals surface area contributed by atoms with Crippen LogP contribution in [0.15, 0.2) is 18.6 Å². The van der Waals surface area contributed by atoms with E-state index in [1.807, 2.05) is 13.1 Å². The third-order valence-corrected chi connectivity index (χ3v) is 6.27. The van der Waals surface area contributed by atoms with Gasteiger partial charge in [-0.15, -0.1) is 0 Å². The molecule has 0 aromatic carbocycles. The molecule has 0 aliphatic heterocycles. The van der Waals surface area contributed by atoms with Crippen LogP contribution in [0.5, 0.6) is 0 Å². The van der Waals surface area contributed by atoms with Crippen LogP contribution in [0.25, 0.3) is 5.65 Å². The number of aliphatic hydroxyl groups is 1. The van der Waals surface area contributed by atoms with E-state index in [0.717, 1.165) is 37.7 Å². The lowest BCUT2D eigenvalue weighted by Gasteiger charge is -2.58. The van der Waals surface area contributed by atoms with Gasteiger partial charge in [0.05, 0.1) is 11.8 Å². The lowest BCUT2D eigenvalue weighted by atomic mass is 9.52. The van der Waals surface area contributed by atoms with Gasteiger partial charge in [0.1, 0.15) is 5.56 Å². The zero-order valence-electron chi connectivity index (χ0n) is 13.8. The standard InChI is InChI=1S/C18H22N4O2/c1-10-7-19-16-14(8-20-22(16)9-10)17(23)21-15-12-2-11-3-13(15)6-18(24,4-11)5-12/h7-9,11-13,15,24H,2-6H2,1H3,(H,21,23). The Bertz CT molecular complexity index is 814. The van der Waals surface area contributed by atoms with Crippen molar-refractivity contribution in [2.45, 2.75) is 50.7 Å². The Morgan fingerprint density at radius 3 is 2.75 bits per heavy atom. The molecule has 4 bridgehead atoms. The van der Waals surface area contributed by atoms with Gasteiger partial charge in [-0.05, 0) is 62.3 Å². The topological polar surface area (TPSA) is 79.5 Å². The summed E-state index contributed by atoms with van der Waals surface area (Å²) >= 11 is 0. The van der Waals surface area contributed by atoms with E-state index in [0.29, 0.717) is 29.0 Å². The molecule has 126 valence electrons. The van der Waals surface area contributed by atoms with E-state index >= 15 is 0 Å². The summed E-state index contributed by atoms with van der Waals surface area (Å²) in [7, 11) is 0. The van der Waals surface area contributed by atoms with Crippen LogP contribution >= 0.6 is 0 Å². The quantitative estimate of drug-likeness (QED) is 0.880. The normalized spacial score (nSPS) is 37.1. The third-order valence-electron chi connectivity index (χ3n) is 6.27. The van der Waals surface area contributed by atoms with Gasteiger partial charge in [0.25, 0.3) is 5.91 Å². The molecular formula is C18H22N4O2. The number of aryl methyl sites for hydroxylation is 1. The zero-order chi connectivity index (χ0) is 16.5. The van der Waals surface area contributed by atoms with Crippen molar-refractivity contribution < 1.29 is 9.90 Å². The van der Waals surface area contributed by atoms with Crippen LogP contribution in [0, 0.1) is 24.7 Å². The summed E-state index contributed by atoms with van der Waals surface area (Å²) < 4.78 is 1.66. The highest BCUT2D eigenvalue weighted by Crippen LogP contribution is 2.55. The molecule has 6 nitrogen and oxygen atoms in total. The van der Waals surface area contributed by atoms with Gasteiger partial charge in [-0.1, -0.05) is 0 Å². The average Bonchev–Trinajstić information content (AvgIpc) is 2.92. The number of nitrogens with zero attached hydrogens (tertiary/aromatic N) is 3. The molecule has 2 heterocycles. The van der Waals surface area contributed by atoms with Crippen LogP contribution in [0.2, 0.25) is 0 Å². The molecule has 4 saturated carbocycles. The van der Waals surface area contributed by atoms with Crippen molar-refractivity contribution in [1.82, 2.24) is 19.9 Å². The maximum absolute atomic E-state index is 12.8. The van der Waals surface area contributed by atoms with Gasteiger partial charge in [-0.25, -0.2) is 9.50 Å². The predicted molar refractivity (Wildman–Crippen MR) is 87.5 cm³/mol. The Hall–Kier alpha value is -1.95. The van der Waals surface area contributed by atoms with Gasteiger partial charge in [-0.2, -0.15) is 5.10 Å². The molecule has 2 aromatic rings. The SMILES string of the molecule is Cc1cnc2c(C(=O)NC3C4CC5CC3CC(O)(C5)C4)cnn2c1. The van der Waals surface area contributed by atoms with E-state index in [-0.39, 0.29) is 11.9 Å². The van der Waals surface area contributed by atoms with E-state index in [4.69, 9.17) is 0 Å². The summed E-state index contributed by atoms with van der Waals surface area (Å²) in [6, 6.07) is 0.176. The second-order valence-corrected chi connectivity index (χ2v) is 8.15. The summed E-state index contributed by atoms with van der Waals surface area (Å²) in [5.41, 5.74) is 1.66. The van der Waals surface area contributed by atoms with Gasteiger partial charge in [0, 0.05) is 18.4 Å². The second-order valence-electron chi connectivity index (χ2n) is 8.15. The molecule has 4 fully saturated rings. The highest BCUT2D eigenvalue weighted by atomic mass is 16.3. The number of hydrogen-bond acceptors (Lipinski definition) is 4. The van der Waals surface area contributed by atoms with Crippen LogP contribution in [0.4, 0.5) is 0 Å². The van der Waals surface area contributed by atoms with Crippen LogP contribution in [0.3, 0.4) is 0 Å². The van der Waals surface area contributed by atoms with Crippen LogP contribution in [0.1, 0.15) is 48.0 Å². The number of rotatable bonds is 2. The van der Waals surface area contributed by atoms with Crippen molar-refractivity contribution in [3.63, 3.8) is 0 Å². The van der Waals surface area contributed by atoms with Gasteiger partial charge in [0.15, 0.2) is 5.65 Å². The smallest absolute Gasteiger partial charge is 0.257 e. The molecule has 4 aliphatic carbocycles. The minimum absolute atomic E-state index is 0.0918. The van der Waals surface area contributed by atoms with Crippen molar-refractivity contribution in [2.24, 2.45) is 17.8 Å². The Kier molecular flexibility index (Phi) is 2.87. The lowest BCUT2D eigenvalue weighted by molar-refractivity contribution is -0.136. The molecule has 6 heteroatoms. The van der Waals surface area contributed by atoms with E-state index in [9.17, 15) is 9.90 Å². The Balaban J connectivity index is 1.40. The molecule has 2 atom stereocenters. The van der Waals surface area contributed by atoms with Gasteiger partial charge >= 0.3 is 0 Å². The second kappa shape index (κ2) is 4.79. The fourth-order valence-corrected chi connectivity index (χ4v) is 5.57. The summed E-state index contributed by atoms with van der Waals surface area (Å²) in [5.74, 6) is 1.36. The molecule has 2 unspecified atom stereocenters. The number of fused-ring (bicyclic) bond motifs is 1. The first-order valence-corrected chi connectivity index (χ1v) is 8.84. The van der Waals surface area contributed by atoms with E-state index < -0.39 is 5.60 Å². The molecule has 24 heavy (non-hydrogen) atoms. The Morgan fingerprint density at radius 2 is 2.04 bits per heavy atom. The number of aromatic nitrogens is 3. The number of amides is 1. The van der Waals surface area contributed by atoms with Crippen molar-refractivity contribution in [3.8, 4) is 0 Å². The number of nitrogens with one attached hydrogen (secondary N) is 1. The van der Waals surface area contributed by atoms with Crippen molar-refractivity contribution >= 4 is 11.6 Å². The summed E-state index contributed by atoms with van der Waals surface area (Å²) in [5, 5.41) is 18.2. The molecule has 0 spiro atoms. The monoisotopic (exact) mass is 326 g/mol. The molecular weight excluding hydrogens is 304 g/mol. The van der Waals surface area contributed by atoms with E-state index in [1.54, 1.807) is 16.9 Å². The summed E-state index contributed by atoms with van der Waals surface area (Å²) in [4.78, 5) is 17.2.